The molecule has 3 N–H and O–H groups in total. The number of rotatable bonds is 3. The number of amidine groups is 1. The van der Waals surface area contributed by atoms with Gasteiger partial charge in [0.25, 0.3) is 0 Å². The number of nitrogens with two attached hydrogens (primary N) is 1. The SMILES string of the molecule is CC(N(C)c1nnccc1/C(N)=N/O)C(C)(C)C. The smallest absolute Gasteiger partial charge is 0.173 e. The average Bonchev–Trinajstić information content (AvgIpc) is 2.35. The molecule has 0 aliphatic carbocycles. The first-order valence-electron chi connectivity index (χ1n) is 5.81. The Labute approximate surface area is 108 Å². The summed E-state index contributed by atoms with van der Waals surface area (Å²) in [5.41, 5.74) is 6.30. The highest BCUT2D eigenvalue weighted by Crippen LogP contribution is 2.27. The molecule has 0 aliphatic heterocycles. The zero-order valence-corrected chi connectivity index (χ0v) is 11.5. The van der Waals surface area contributed by atoms with Gasteiger partial charge in [-0.25, -0.2) is 0 Å². The van der Waals surface area contributed by atoms with Gasteiger partial charge in [-0.05, 0) is 18.4 Å². The maximum Gasteiger partial charge on any atom is 0.173 e. The van der Waals surface area contributed by atoms with Crippen LogP contribution in [0.25, 0.3) is 0 Å². The predicted octanol–water partition coefficient (Wildman–Crippen LogP) is 1.44. The summed E-state index contributed by atoms with van der Waals surface area (Å²) in [5.74, 6) is 0.642. The maximum absolute atomic E-state index is 8.79. The van der Waals surface area contributed by atoms with Gasteiger partial charge in [0.2, 0.25) is 0 Å². The first-order chi connectivity index (χ1) is 8.29. The zero-order valence-electron chi connectivity index (χ0n) is 11.5. The van der Waals surface area contributed by atoms with Crippen molar-refractivity contribution in [3.8, 4) is 0 Å². The molecular weight excluding hydrogens is 230 g/mol. The monoisotopic (exact) mass is 251 g/mol. The predicted molar refractivity (Wildman–Crippen MR) is 71.9 cm³/mol. The molecule has 0 fully saturated rings. The molecule has 6 heteroatoms. The summed E-state index contributed by atoms with van der Waals surface area (Å²) >= 11 is 0. The minimum absolute atomic E-state index is 0.0351. The molecule has 1 rings (SSSR count). The molecule has 0 spiro atoms. The third kappa shape index (κ3) is 2.88. The van der Waals surface area contributed by atoms with Crippen LogP contribution >= 0.6 is 0 Å². The van der Waals surface area contributed by atoms with Crippen molar-refractivity contribution in [3.63, 3.8) is 0 Å². The van der Waals surface area contributed by atoms with Gasteiger partial charge in [0.15, 0.2) is 11.7 Å². The van der Waals surface area contributed by atoms with E-state index in [1.807, 2.05) is 11.9 Å². The van der Waals surface area contributed by atoms with Crippen LogP contribution in [0.4, 0.5) is 5.82 Å². The van der Waals surface area contributed by atoms with Crippen LogP contribution in [0.15, 0.2) is 17.4 Å². The number of hydrogen-bond donors (Lipinski definition) is 2. The molecule has 0 amide bonds. The van der Waals surface area contributed by atoms with Crippen LogP contribution < -0.4 is 10.6 Å². The highest BCUT2D eigenvalue weighted by Gasteiger charge is 2.26. The standard InChI is InChI=1S/C12H21N5O/c1-8(12(2,3)4)17(5)11-9(10(13)16-18)6-7-14-15-11/h6-8,18H,1-5H3,(H2,13,16). The molecule has 0 aliphatic rings. The molecule has 0 saturated carbocycles. The molecule has 1 heterocycles. The van der Waals surface area contributed by atoms with Crippen LogP contribution in [0.3, 0.4) is 0 Å². The summed E-state index contributed by atoms with van der Waals surface area (Å²) < 4.78 is 0. The Morgan fingerprint density at radius 2 is 2.11 bits per heavy atom. The van der Waals surface area contributed by atoms with Crippen LogP contribution in [0.5, 0.6) is 0 Å². The van der Waals surface area contributed by atoms with Crippen molar-refractivity contribution in [2.75, 3.05) is 11.9 Å². The van der Waals surface area contributed by atoms with Crippen LogP contribution in [0.2, 0.25) is 0 Å². The van der Waals surface area contributed by atoms with Gasteiger partial charge in [-0.3, -0.25) is 0 Å². The van der Waals surface area contributed by atoms with Gasteiger partial charge in [-0.1, -0.05) is 25.9 Å². The Hall–Kier alpha value is -1.85. The van der Waals surface area contributed by atoms with Crippen molar-refractivity contribution in [2.24, 2.45) is 16.3 Å². The van der Waals surface area contributed by atoms with Gasteiger partial charge in [0.1, 0.15) is 0 Å². The molecule has 0 saturated heterocycles. The fourth-order valence-corrected chi connectivity index (χ4v) is 1.60. The molecule has 0 aromatic carbocycles. The number of hydrogen-bond acceptors (Lipinski definition) is 5. The highest BCUT2D eigenvalue weighted by molar-refractivity contribution is 6.01. The first-order valence-corrected chi connectivity index (χ1v) is 5.81. The molecule has 1 unspecified atom stereocenters. The fourth-order valence-electron chi connectivity index (χ4n) is 1.60. The van der Waals surface area contributed by atoms with Gasteiger partial charge in [-0.2, -0.15) is 5.10 Å². The lowest BCUT2D eigenvalue weighted by molar-refractivity contribution is 0.318. The summed E-state index contributed by atoms with van der Waals surface area (Å²) in [4.78, 5) is 1.99. The number of aromatic nitrogens is 2. The van der Waals surface area contributed by atoms with Crippen molar-refractivity contribution in [1.82, 2.24) is 10.2 Å². The summed E-state index contributed by atoms with van der Waals surface area (Å²) in [7, 11) is 1.92. The Balaban J connectivity index is 3.18. The van der Waals surface area contributed by atoms with E-state index < -0.39 is 0 Å². The maximum atomic E-state index is 8.79. The van der Waals surface area contributed by atoms with Crippen molar-refractivity contribution in [2.45, 2.75) is 33.7 Å². The molecule has 18 heavy (non-hydrogen) atoms. The molecule has 1 aromatic rings. The number of anilines is 1. The number of oxime groups is 1. The summed E-state index contributed by atoms with van der Waals surface area (Å²) in [6, 6.07) is 1.91. The number of nitrogens with zero attached hydrogens (tertiary/aromatic N) is 4. The van der Waals surface area contributed by atoms with Gasteiger partial charge in [-0.15, -0.1) is 5.10 Å². The van der Waals surface area contributed by atoms with E-state index >= 15 is 0 Å². The quantitative estimate of drug-likeness (QED) is 0.367. The highest BCUT2D eigenvalue weighted by atomic mass is 16.4. The average molecular weight is 251 g/mol. The third-order valence-corrected chi connectivity index (χ3v) is 3.25. The minimum Gasteiger partial charge on any atom is -0.409 e. The van der Waals surface area contributed by atoms with Crippen molar-refractivity contribution in [3.05, 3.63) is 17.8 Å². The summed E-state index contributed by atoms with van der Waals surface area (Å²) in [5, 5.41) is 19.8. The van der Waals surface area contributed by atoms with E-state index in [4.69, 9.17) is 10.9 Å². The molecular formula is C12H21N5O. The van der Waals surface area contributed by atoms with E-state index in [-0.39, 0.29) is 17.3 Å². The van der Waals surface area contributed by atoms with E-state index in [1.54, 1.807) is 6.07 Å². The second kappa shape index (κ2) is 5.20. The lowest BCUT2D eigenvalue weighted by atomic mass is 9.87. The second-order valence-electron chi connectivity index (χ2n) is 5.41. The van der Waals surface area contributed by atoms with Crippen molar-refractivity contribution >= 4 is 11.7 Å². The third-order valence-electron chi connectivity index (χ3n) is 3.25. The van der Waals surface area contributed by atoms with E-state index in [1.165, 1.54) is 6.20 Å². The van der Waals surface area contributed by atoms with E-state index in [0.29, 0.717) is 11.4 Å². The fraction of sp³-hybridized carbons (Fsp3) is 0.583. The Morgan fingerprint density at radius 1 is 1.50 bits per heavy atom. The van der Waals surface area contributed by atoms with Crippen LogP contribution in [-0.2, 0) is 0 Å². The molecule has 100 valence electrons. The van der Waals surface area contributed by atoms with Crippen LogP contribution in [-0.4, -0.2) is 34.3 Å². The van der Waals surface area contributed by atoms with Gasteiger partial charge < -0.3 is 15.8 Å². The Morgan fingerprint density at radius 3 is 2.61 bits per heavy atom. The molecule has 6 nitrogen and oxygen atoms in total. The van der Waals surface area contributed by atoms with Gasteiger partial charge in [0, 0.05) is 13.1 Å². The normalized spacial score (nSPS) is 14.4. The Kier molecular flexibility index (Phi) is 4.11. The summed E-state index contributed by atoms with van der Waals surface area (Å²) in [6.07, 6.45) is 1.52. The van der Waals surface area contributed by atoms with E-state index in [0.717, 1.165) is 0 Å². The Bertz CT molecular complexity index is 438. The molecule has 1 atom stereocenters. The van der Waals surface area contributed by atoms with Crippen molar-refractivity contribution < 1.29 is 5.21 Å². The van der Waals surface area contributed by atoms with Crippen LogP contribution in [0.1, 0.15) is 33.3 Å². The topological polar surface area (TPSA) is 87.6 Å². The second-order valence-corrected chi connectivity index (χ2v) is 5.41. The van der Waals surface area contributed by atoms with E-state index in [9.17, 15) is 0 Å². The minimum atomic E-state index is 0.0351. The summed E-state index contributed by atoms with van der Waals surface area (Å²) in [6.45, 7) is 8.54. The van der Waals surface area contributed by atoms with Crippen molar-refractivity contribution in [1.29, 1.82) is 0 Å². The first kappa shape index (κ1) is 14.2. The lowest BCUT2D eigenvalue weighted by Gasteiger charge is -2.36. The largest absolute Gasteiger partial charge is 0.409 e. The van der Waals surface area contributed by atoms with Crippen LogP contribution in [0, 0.1) is 5.41 Å². The molecule has 0 radical (unpaired) electrons. The van der Waals surface area contributed by atoms with Gasteiger partial charge in [0.05, 0.1) is 11.8 Å². The van der Waals surface area contributed by atoms with E-state index in [2.05, 4.69) is 43.0 Å². The molecule has 1 aromatic heterocycles. The van der Waals surface area contributed by atoms with Gasteiger partial charge >= 0.3 is 0 Å². The molecule has 0 bridgehead atoms. The zero-order chi connectivity index (χ0) is 13.9. The lowest BCUT2D eigenvalue weighted by Crippen LogP contribution is -2.41.